The van der Waals surface area contributed by atoms with E-state index in [-0.39, 0.29) is 65.0 Å². The molecule has 4 saturated carbocycles. The zero-order valence-electron chi connectivity index (χ0n) is 36.5. The van der Waals surface area contributed by atoms with Gasteiger partial charge in [0, 0.05) is 6.04 Å². The number of nitrogens with zero attached hydrogens (tertiary/aromatic N) is 7. The lowest BCUT2D eigenvalue weighted by Gasteiger charge is -2.27. The van der Waals surface area contributed by atoms with E-state index in [0.29, 0.717) is 86.0 Å². The summed E-state index contributed by atoms with van der Waals surface area (Å²) in [5.74, 6) is 3.33. The van der Waals surface area contributed by atoms with Crippen molar-refractivity contribution in [3.05, 3.63) is 82.2 Å². The maximum absolute atomic E-state index is 15.2. The number of H-pyrrole nitrogens is 2. The van der Waals surface area contributed by atoms with Gasteiger partial charge in [0.2, 0.25) is 5.82 Å². The number of nitrogens with one attached hydrogen (secondary N) is 4. The van der Waals surface area contributed by atoms with Crippen molar-refractivity contribution < 1.29 is 23.0 Å². The van der Waals surface area contributed by atoms with Gasteiger partial charge in [-0.2, -0.15) is 5.10 Å². The van der Waals surface area contributed by atoms with Crippen LogP contribution in [-0.4, -0.2) is 56.8 Å². The average Bonchev–Trinajstić information content (AvgIpc) is 4.13. The summed E-state index contributed by atoms with van der Waals surface area (Å²) >= 11 is 0. The number of hydrogen-bond donors (Lipinski definition) is 4. The first kappa shape index (κ1) is 41.8. The van der Waals surface area contributed by atoms with E-state index in [2.05, 4.69) is 46.0 Å². The molecule has 0 radical (unpaired) electrons. The van der Waals surface area contributed by atoms with Gasteiger partial charge < -0.3 is 20.6 Å². The van der Waals surface area contributed by atoms with E-state index in [1.54, 1.807) is 11.6 Å². The Balaban J connectivity index is 0.000000158. The highest BCUT2D eigenvalue weighted by Crippen LogP contribution is 2.55. The van der Waals surface area contributed by atoms with Gasteiger partial charge in [0.05, 0.1) is 23.1 Å². The van der Waals surface area contributed by atoms with Gasteiger partial charge in [0.25, 0.3) is 11.8 Å². The fourth-order valence-electron chi connectivity index (χ4n) is 9.46. The van der Waals surface area contributed by atoms with Gasteiger partial charge in [-0.1, -0.05) is 45.0 Å². The van der Waals surface area contributed by atoms with Crippen LogP contribution in [0.1, 0.15) is 172 Å². The van der Waals surface area contributed by atoms with Gasteiger partial charge >= 0.3 is 0 Å². The second-order valence-electron chi connectivity index (χ2n) is 19.0. The highest BCUT2D eigenvalue weighted by Gasteiger charge is 2.49. The van der Waals surface area contributed by atoms with Crippen LogP contribution in [0.5, 0.6) is 0 Å². The standard InChI is InChI=1S/C24H31FN6O.C22H26FN5O2/c1-12(2)16-9-10-17-20(19(16)25)29-22(28-17)21(18(14-5-6-14)15-7-8-15)30-24(32)23-26-11-27-31(23)13(3)4;1-10(2)14-8-9-15-19(17(14)23)25-21(24-15)20(16(12-4-5-12)13-6-7-13)26-22(29)18-11(3)27-30-28-18/h9-15,18,21H,5-8H2,1-4H3,(H,28,29)(H,30,32);8-10,12-13,16,20H,4-7H2,1-3H3,(H,24,25)(H,26,29). The highest BCUT2D eigenvalue weighted by molar-refractivity contribution is 5.93. The summed E-state index contributed by atoms with van der Waals surface area (Å²) in [6, 6.07) is 6.77. The summed E-state index contributed by atoms with van der Waals surface area (Å²) in [5.41, 5.74) is 3.91. The van der Waals surface area contributed by atoms with Gasteiger partial charge in [-0.3, -0.25) is 9.59 Å². The van der Waals surface area contributed by atoms with Gasteiger partial charge in [-0.05, 0) is 148 Å². The molecular weight excluding hydrogens is 793 g/mol. The maximum atomic E-state index is 15.2. The number of rotatable bonds is 15. The summed E-state index contributed by atoms with van der Waals surface area (Å²) < 4.78 is 36.6. The second kappa shape index (κ2) is 16.6. The molecule has 4 N–H and O–H groups in total. The molecule has 4 fully saturated rings. The number of halogens is 2. The normalized spacial score (nSPS) is 17.7. The van der Waals surface area contributed by atoms with Crippen molar-refractivity contribution in [3.8, 4) is 0 Å². The molecule has 2 amide bonds. The Labute approximate surface area is 359 Å². The fourth-order valence-corrected chi connectivity index (χ4v) is 9.46. The number of amides is 2. The Kier molecular flexibility index (Phi) is 11.2. The van der Waals surface area contributed by atoms with Crippen LogP contribution >= 0.6 is 0 Å². The summed E-state index contributed by atoms with van der Waals surface area (Å²) in [7, 11) is 0. The number of aromatic nitrogens is 9. The number of fused-ring (bicyclic) bond motifs is 2. The third kappa shape index (κ3) is 8.36. The third-order valence-corrected chi connectivity index (χ3v) is 13.3. The van der Waals surface area contributed by atoms with E-state index >= 15 is 8.78 Å². The molecule has 4 aliphatic rings. The van der Waals surface area contributed by atoms with Crippen molar-refractivity contribution >= 4 is 33.9 Å². The zero-order valence-corrected chi connectivity index (χ0v) is 36.5. The van der Waals surface area contributed by atoms with Crippen molar-refractivity contribution in [1.29, 1.82) is 0 Å². The van der Waals surface area contributed by atoms with E-state index in [9.17, 15) is 9.59 Å². The molecule has 6 aromatic rings. The van der Waals surface area contributed by atoms with E-state index in [0.717, 1.165) is 25.7 Å². The summed E-state index contributed by atoms with van der Waals surface area (Å²) in [6.45, 7) is 13.5. The van der Waals surface area contributed by atoms with Crippen LogP contribution in [0.3, 0.4) is 0 Å². The predicted molar refractivity (Wildman–Crippen MR) is 228 cm³/mol. The third-order valence-electron chi connectivity index (χ3n) is 13.3. The molecule has 0 aliphatic heterocycles. The number of benzene rings is 2. The Morgan fingerprint density at radius 1 is 0.694 bits per heavy atom. The molecule has 16 heteroatoms. The molecule has 0 saturated heterocycles. The molecule has 4 heterocycles. The monoisotopic (exact) mass is 849 g/mol. The van der Waals surface area contributed by atoms with Crippen LogP contribution in [-0.2, 0) is 0 Å². The number of imidazole rings is 2. The molecule has 4 aromatic heterocycles. The fraction of sp³-hybridized carbons (Fsp3) is 0.565. The number of carbonyl (C=O) groups excluding carboxylic acids is 2. The van der Waals surface area contributed by atoms with Gasteiger partial charge in [0.15, 0.2) is 17.3 Å². The predicted octanol–water partition coefficient (Wildman–Crippen LogP) is 9.33. The van der Waals surface area contributed by atoms with Crippen molar-refractivity contribution in [2.75, 3.05) is 0 Å². The van der Waals surface area contributed by atoms with Crippen molar-refractivity contribution in [2.24, 2.45) is 35.5 Å². The Bertz CT molecular complexity index is 2570. The first-order chi connectivity index (χ1) is 29.8. The number of aromatic amines is 2. The topological polar surface area (TPSA) is 185 Å². The first-order valence-corrected chi connectivity index (χ1v) is 22.4. The van der Waals surface area contributed by atoms with E-state index in [4.69, 9.17) is 9.61 Å². The second-order valence-corrected chi connectivity index (χ2v) is 19.0. The van der Waals surface area contributed by atoms with Crippen LogP contribution in [0, 0.1) is 54.1 Å². The quantitative estimate of drug-likeness (QED) is 0.0782. The molecule has 62 heavy (non-hydrogen) atoms. The molecule has 4 aliphatic carbocycles. The SMILES string of the molecule is CC(C)c1ccc2[nH]c(C(NC(=O)c3ncnn3C(C)C)C(C3CC3)C3CC3)nc2c1F.Cc1nonc1C(=O)NC(c1nc2c(F)c(C(C)C)ccc2[nH]1)C(C1CC1)C1CC1. The molecule has 0 bridgehead atoms. The van der Waals surface area contributed by atoms with Crippen LogP contribution in [0.15, 0.2) is 35.2 Å². The van der Waals surface area contributed by atoms with Crippen LogP contribution in [0.4, 0.5) is 8.78 Å². The largest absolute Gasteiger partial charge is 0.340 e. The molecule has 0 spiro atoms. The van der Waals surface area contributed by atoms with Crippen molar-refractivity contribution in [1.82, 2.24) is 55.6 Å². The lowest BCUT2D eigenvalue weighted by atomic mass is 9.88. The van der Waals surface area contributed by atoms with Crippen molar-refractivity contribution in [3.63, 3.8) is 0 Å². The first-order valence-electron chi connectivity index (χ1n) is 22.4. The Morgan fingerprint density at radius 2 is 1.15 bits per heavy atom. The molecule has 2 aromatic carbocycles. The minimum Gasteiger partial charge on any atom is -0.340 e. The number of carbonyl (C=O) groups is 2. The van der Waals surface area contributed by atoms with Crippen LogP contribution in [0.2, 0.25) is 0 Å². The van der Waals surface area contributed by atoms with Gasteiger partial charge in [-0.25, -0.2) is 33.0 Å². The highest BCUT2D eigenvalue weighted by atomic mass is 19.1. The Hall–Kier alpha value is -5.54. The smallest absolute Gasteiger partial charge is 0.289 e. The lowest BCUT2D eigenvalue weighted by Crippen LogP contribution is -2.37. The van der Waals surface area contributed by atoms with Crippen LogP contribution in [0.25, 0.3) is 22.1 Å². The van der Waals surface area contributed by atoms with Gasteiger partial charge in [0.1, 0.15) is 34.7 Å². The van der Waals surface area contributed by atoms with Gasteiger partial charge in [-0.15, -0.1) is 0 Å². The minimum absolute atomic E-state index is 0.0223. The summed E-state index contributed by atoms with van der Waals surface area (Å²) in [4.78, 5) is 46.4. The Morgan fingerprint density at radius 3 is 1.53 bits per heavy atom. The van der Waals surface area contributed by atoms with Crippen LogP contribution < -0.4 is 10.6 Å². The number of aryl methyl sites for hydroxylation is 1. The molecular formula is C46H57F2N11O3. The summed E-state index contributed by atoms with van der Waals surface area (Å²) in [5, 5.41) is 18.0. The van der Waals surface area contributed by atoms with E-state index in [1.807, 2.05) is 65.8 Å². The lowest BCUT2D eigenvalue weighted by molar-refractivity contribution is 0.0885. The van der Waals surface area contributed by atoms with Crippen molar-refractivity contribution in [2.45, 2.75) is 130 Å². The zero-order chi connectivity index (χ0) is 43.6. The average molecular weight is 850 g/mol. The van der Waals surface area contributed by atoms with E-state index < -0.39 is 0 Å². The summed E-state index contributed by atoms with van der Waals surface area (Å²) in [6.07, 6.45) is 10.7. The molecule has 2 atom stereocenters. The number of hydrogen-bond acceptors (Lipinski definition) is 9. The molecule has 2 unspecified atom stereocenters. The maximum Gasteiger partial charge on any atom is 0.289 e. The molecule has 14 nitrogen and oxygen atoms in total. The minimum atomic E-state index is -0.339. The molecule has 328 valence electrons. The van der Waals surface area contributed by atoms with E-state index in [1.165, 1.54) is 32.0 Å². The molecule has 10 rings (SSSR count).